The molecule has 1 aromatic rings. The molecule has 0 spiro atoms. The van der Waals surface area contributed by atoms with E-state index >= 15 is 0 Å². The minimum Gasteiger partial charge on any atom is -0.364 e. The molecule has 0 aliphatic carbocycles. The molecule has 1 aliphatic heterocycles. The molecule has 0 aromatic carbocycles. The zero-order valence-corrected chi connectivity index (χ0v) is 13.0. The highest BCUT2D eigenvalue weighted by Crippen LogP contribution is 2.15. The lowest BCUT2D eigenvalue weighted by molar-refractivity contribution is 0.194. The number of aromatic nitrogens is 2. The molecule has 2 heterocycles. The Morgan fingerprint density at radius 1 is 1.40 bits per heavy atom. The van der Waals surface area contributed by atoms with Gasteiger partial charge >= 0.3 is 0 Å². The van der Waals surface area contributed by atoms with Crippen LogP contribution >= 0.6 is 0 Å². The fourth-order valence-electron chi connectivity index (χ4n) is 2.68. The number of hydrogen-bond acceptors (Lipinski definition) is 4. The summed E-state index contributed by atoms with van der Waals surface area (Å²) in [5, 5.41) is 3.24. The number of likely N-dealkylation sites (tertiary alicyclic amines) is 1. The second kappa shape index (κ2) is 5.95. The van der Waals surface area contributed by atoms with Gasteiger partial charge in [0, 0.05) is 30.5 Å². The molecule has 1 N–H and O–H groups in total. The van der Waals surface area contributed by atoms with E-state index in [-0.39, 0.29) is 11.1 Å². The zero-order chi connectivity index (χ0) is 14.8. The van der Waals surface area contributed by atoms with Crippen molar-refractivity contribution in [1.82, 2.24) is 14.5 Å². The Morgan fingerprint density at radius 2 is 2.15 bits per heavy atom. The highest BCUT2D eigenvalue weighted by Gasteiger charge is 2.20. The van der Waals surface area contributed by atoms with E-state index in [1.165, 1.54) is 19.3 Å². The molecule has 112 valence electrons. The molecule has 0 saturated carbocycles. The zero-order valence-electron chi connectivity index (χ0n) is 13.0. The van der Waals surface area contributed by atoms with Gasteiger partial charge in [-0.05, 0) is 47.2 Å². The van der Waals surface area contributed by atoms with E-state index in [1.807, 2.05) is 20.8 Å². The predicted molar refractivity (Wildman–Crippen MR) is 82.3 cm³/mol. The Bertz CT molecular complexity index is 503. The van der Waals surface area contributed by atoms with Crippen molar-refractivity contribution in [3.63, 3.8) is 0 Å². The molecule has 20 heavy (non-hydrogen) atoms. The maximum Gasteiger partial charge on any atom is 0.293 e. The summed E-state index contributed by atoms with van der Waals surface area (Å²) in [6.07, 6.45) is 7.17. The summed E-state index contributed by atoms with van der Waals surface area (Å²) in [7, 11) is 2.15. The van der Waals surface area contributed by atoms with Crippen molar-refractivity contribution in [3.05, 3.63) is 22.7 Å². The number of nitrogens with one attached hydrogen (secondary N) is 1. The lowest BCUT2D eigenvalue weighted by Crippen LogP contribution is -2.42. The first-order valence-electron chi connectivity index (χ1n) is 7.42. The minimum atomic E-state index is -0.224. The summed E-state index contributed by atoms with van der Waals surface area (Å²) in [6.45, 7) is 7.99. The van der Waals surface area contributed by atoms with Gasteiger partial charge in [-0.15, -0.1) is 0 Å². The van der Waals surface area contributed by atoms with Gasteiger partial charge in [0.1, 0.15) is 0 Å². The lowest BCUT2D eigenvalue weighted by atomic mass is 10.0. The standard InChI is InChI=1S/C15H26N4O/c1-15(2,3)19-10-8-16-13(14(19)20)17-11-12-7-5-6-9-18(12)4/h8,10,12H,5-7,9,11H2,1-4H3,(H,16,17). The fraction of sp³-hybridized carbons (Fsp3) is 0.733. The van der Waals surface area contributed by atoms with E-state index in [2.05, 4.69) is 22.2 Å². The van der Waals surface area contributed by atoms with E-state index < -0.39 is 0 Å². The molecule has 1 aliphatic rings. The summed E-state index contributed by atoms with van der Waals surface area (Å²) < 4.78 is 1.73. The van der Waals surface area contributed by atoms with Crippen LogP contribution in [0, 0.1) is 0 Å². The van der Waals surface area contributed by atoms with Crippen molar-refractivity contribution >= 4 is 5.82 Å². The number of likely N-dealkylation sites (N-methyl/N-ethyl adjacent to an activating group) is 1. The summed E-state index contributed by atoms with van der Waals surface area (Å²) in [5.41, 5.74) is -0.267. The molecule has 2 rings (SSSR count). The van der Waals surface area contributed by atoms with Gasteiger partial charge in [0.2, 0.25) is 0 Å². The van der Waals surface area contributed by atoms with Gasteiger partial charge in [0.15, 0.2) is 5.82 Å². The fourth-order valence-corrected chi connectivity index (χ4v) is 2.68. The molecule has 0 bridgehead atoms. The molecule has 1 atom stereocenters. The Morgan fingerprint density at radius 3 is 2.80 bits per heavy atom. The van der Waals surface area contributed by atoms with E-state index in [4.69, 9.17) is 0 Å². The van der Waals surface area contributed by atoms with Gasteiger partial charge in [-0.1, -0.05) is 6.42 Å². The van der Waals surface area contributed by atoms with Gasteiger partial charge < -0.3 is 14.8 Å². The van der Waals surface area contributed by atoms with Gasteiger partial charge in [-0.3, -0.25) is 4.79 Å². The summed E-state index contributed by atoms with van der Waals surface area (Å²) in [4.78, 5) is 19.0. The molecule has 0 amide bonds. The van der Waals surface area contributed by atoms with Crippen LogP contribution in [0.2, 0.25) is 0 Å². The van der Waals surface area contributed by atoms with Crippen LogP contribution in [-0.2, 0) is 5.54 Å². The third-order valence-electron chi connectivity index (χ3n) is 3.99. The third kappa shape index (κ3) is 3.39. The lowest BCUT2D eigenvalue weighted by Gasteiger charge is -2.32. The summed E-state index contributed by atoms with van der Waals surface area (Å²) in [5.74, 6) is 0.460. The van der Waals surface area contributed by atoms with Crippen LogP contribution in [0.3, 0.4) is 0 Å². The van der Waals surface area contributed by atoms with E-state index in [0.717, 1.165) is 13.1 Å². The quantitative estimate of drug-likeness (QED) is 0.917. The largest absolute Gasteiger partial charge is 0.364 e. The van der Waals surface area contributed by atoms with Crippen molar-refractivity contribution in [2.45, 2.75) is 51.6 Å². The van der Waals surface area contributed by atoms with Crippen molar-refractivity contribution in [1.29, 1.82) is 0 Å². The van der Waals surface area contributed by atoms with E-state index in [0.29, 0.717) is 11.9 Å². The number of hydrogen-bond donors (Lipinski definition) is 1. The number of rotatable bonds is 3. The molecule has 0 radical (unpaired) electrons. The third-order valence-corrected chi connectivity index (χ3v) is 3.99. The van der Waals surface area contributed by atoms with Gasteiger partial charge in [0.05, 0.1) is 0 Å². The van der Waals surface area contributed by atoms with Crippen LogP contribution in [0.5, 0.6) is 0 Å². The molecule has 1 aromatic heterocycles. The van der Waals surface area contributed by atoms with Crippen molar-refractivity contribution < 1.29 is 0 Å². The topological polar surface area (TPSA) is 50.2 Å². The predicted octanol–water partition coefficient (Wildman–Crippen LogP) is 1.89. The monoisotopic (exact) mass is 278 g/mol. The summed E-state index contributed by atoms with van der Waals surface area (Å²) >= 11 is 0. The van der Waals surface area contributed by atoms with Crippen LogP contribution in [0.25, 0.3) is 0 Å². The first-order valence-corrected chi connectivity index (χ1v) is 7.42. The number of anilines is 1. The Balaban J connectivity index is 2.08. The Hall–Kier alpha value is -1.36. The second-order valence-corrected chi connectivity index (χ2v) is 6.63. The van der Waals surface area contributed by atoms with Crippen LogP contribution < -0.4 is 10.9 Å². The number of nitrogens with zero attached hydrogens (tertiary/aromatic N) is 3. The van der Waals surface area contributed by atoms with Crippen LogP contribution in [0.4, 0.5) is 5.82 Å². The molecule has 5 nitrogen and oxygen atoms in total. The number of piperidine rings is 1. The molecule has 1 unspecified atom stereocenters. The van der Waals surface area contributed by atoms with Gasteiger partial charge in [-0.2, -0.15) is 0 Å². The average Bonchev–Trinajstić information content (AvgIpc) is 2.38. The first-order chi connectivity index (χ1) is 9.39. The highest BCUT2D eigenvalue weighted by atomic mass is 16.1. The average molecular weight is 278 g/mol. The smallest absolute Gasteiger partial charge is 0.293 e. The highest BCUT2D eigenvalue weighted by molar-refractivity contribution is 5.31. The Labute approximate surface area is 121 Å². The van der Waals surface area contributed by atoms with Crippen molar-refractivity contribution in [2.75, 3.05) is 25.5 Å². The van der Waals surface area contributed by atoms with E-state index in [9.17, 15) is 4.79 Å². The molecular weight excluding hydrogens is 252 g/mol. The van der Waals surface area contributed by atoms with Crippen LogP contribution in [0.1, 0.15) is 40.0 Å². The normalized spacial score (nSPS) is 20.9. The van der Waals surface area contributed by atoms with Crippen LogP contribution in [-0.4, -0.2) is 40.6 Å². The maximum atomic E-state index is 12.4. The SMILES string of the molecule is CN1CCCCC1CNc1nccn(C(C)(C)C)c1=O. The van der Waals surface area contributed by atoms with E-state index in [1.54, 1.807) is 17.0 Å². The summed E-state index contributed by atoms with van der Waals surface area (Å²) in [6, 6.07) is 0.494. The van der Waals surface area contributed by atoms with Crippen LogP contribution in [0.15, 0.2) is 17.2 Å². The molecule has 5 heteroatoms. The van der Waals surface area contributed by atoms with Gasteiger partial charge in [-0.25, -0.2) is 4.98 Å². The Kier molecular flexibility index (Phi) is 4.48. The van der Waals surface area contributed by atoms with Crippen molar-refractivity contribution in [2.24, 2.45) is 0 Å². The second-order valence-electron chi connectivity index (χ2n) is 6.63. The molecule has 1 fully saturated rings. The molecule has 1 saturated heterocycles. The van der Waals surface area contributed by atoms with Crippen molar-refractivity contribution in [3.8, 4) is 0 Å². The minimum absolute atomic E-state index is 0.0431. The molecular formula is C15H26N4O. The first kappa shape index (κ1) is 15.0. The maximum absolute atomic E-state index is 12.4. The van der Waals surface area contributed by atoms with Gasteiger partial charge in [0.25, 0.3) is 5.56 Å².